The molecule has 0 aliphatic rings. The van der Waals surface area contributed by atoms with Crippen molar-refractivity contribution in [1.29, 1.82) is 0 Å². The van der Waals surface area contributed by atoms with E-state index in [1.165, 1.54) is 11.8 Å². The number of hydrogen-bond donors (Lipinski definition) is 2. The van der Waals surface area contributed by atoms with E-state index in [0.717, 1.165) is 10.5 Å². The first-order valence-corrected chi connectivity index (χ1v) is 6.69. The van der Waals surface area contributed by atoms with E-state index in [1.807, 2.05) is 19.1 Å². The van der Waals surface area contributed by atoms with Gasteiger partial charge in [-0.05, 0) is 30.7 Å². The molecule has 0 saturated carbocycles. The summed E-state index contributed by atoms with van der Waals surface area (Å²) in [6.45, 7) is 1.95. The number of amidine groups is 1. The van der Waals surface area contributed by atoms with E-state index < -0.39 is 0 Å². The van der Waals surface area contributed by atoms with E-state index in [-0.39, 0.29) is 5.84 Å². The van der Waals surface area contributed by atoms with Gasteiger partial charge in [-0.2, -0.15) is 0 Å². The average Bonchev–Trinajstić information content (AvgIpc) is 2.42. The Morgan fingerprint density at radius 1 is 1.37 bits per heavy atom. The van der Waals surface area contributed by atoms with Crippen molar-refractivity contribution in [2.24, 2.45) is 10.9 Å². The molecule has 3 N–H and O–H groups in total. The molecule has 0 fully saturated rings. The zero-order valence-corrected chi connectivity index (χ0v) is 11.7. The quantitative estimate of drug-likeness (QED) is 0.394. The van der Waals surface area contributed by atoms with E-state index in [2.05, 4.69) is 10.1 Å². The fraction of sp³-hybridized carbons (Fsp3) is 0.0769. The molecule has 0 amide bonds. The molecule has 4 nitrogen and oxygen atoms in total. The summed E-state index contributed by atoms with van der Waals surface area (Å²) in [6.07, 6.45) is 1.68. The van der Waals surface area contributed by atoms with Crippen LogP contribution in [0.4, 0.5) is 0 Å². The Morgan fingerprint density at radius 2 is 2.16 bits per heavy atom. The molecule has 2 aromatic rings. The van der Waals surface area contributed by atoms with Gasteiger partial charge in [0.05, 0.1) is 5.02 Å². The van der Waals surface area contributed by atoms with Gasteiger partial charge in [0, 0.05) is 16.7 Å². The number of pyridine rings is 1. The van der Waals surface area contributed by atoms with Crippen LogP contribution in [0.5, 0.6) is 0 Å². The Morgan fingerprint density at radius 3 is 2.84 bits per heavy atom. The lowest BCUT2D eigenvalue weighted by molar-refractivity contribution is 0.318. The summed E-state index contributed by atoms with van der Waals surface area (Å²) in [5.74, 6) is 0.0678. The molecule has 98 valence electrons. The standard InChI is InChI=1S/C13H12ClN3OS/c1-8-4-2-5-9(12(15)17-18)11(8)19-13-10(14)6-3-7-16-13/h2-7,18H,1H3,(H2,15,17). The first-order valence-electron chi connectivity index (χ1n) is 5.49. The van der Waals surface area contributed by atoms with Crippen LogP contribution in [-0.2, 0) is 0 Å². The second-order valence-electron chi connectivity index (χ2n) is 3.83. The van der Waals surface area contributed by atoms with Crippen molar-refractivity contribution in [3.8, 4) is 0 Å². The normalized spacial score (nSPS) is 11.6. The molecule has 2 rings (SSSR count). The molecule has 0 spiro atoms. The van der Waals surface area contributed by atoms with Crippen LogP contribution in [0.25, 0.3) is 0 Å². The highest BCUT2D eigenvalue weighted by Crippen LogP contribution is 2.35. The predicted octanol–water partition coefficient (Wildman–Crippen LogP) is 3.29. The van der Waals surface area contributed by atoms with E-state index in [9.17, 15) is 0 Å². The Bertz CT molecular complexity index is 631. The SMILES string of the molecule is Cc1cccc(/C(N)=N/O)c1Sc1ncccc1Cl. The van der Waals surface area contributed by atoms with Gasteiger partial charge in [-0.15, -0.1) is 0 Å². The third kappa shape index (κ3) is 3.00. The minimum Gasteiger partial charge on any atom is -0.409 e. The first kappa shape index (κ1) is 13.7. The topological polar surface area (TPSA) is 71.5 Å². The van der Waals surface area contributed by atoms with Crippen molar-refractivity contribution >= 4 is 29.2 Å². The number of oxime groups is 1. The highest BCUT2D eigenvalue weighted by atomic mass is 35.5. The van der Waals surface area contributed by atoms with Gasteiger partial charge in [0.2, 0.25) is 0 Å². The van der Waals surface area contributed by atoms with Gasteiger partial charge in [0.25, 0.3) is 0 Å². The Labute approximate surface area is 120 Å². The van der Waals surface area contributed by atoms with E-state index >= 15 is 0 Å². The van der Waals surface area contributed by atoms with Crippen molar-refractivity contribution in [2.75, 3.05) is 0 Å². The monoisotopic (exact) mass is 293 g/mol. The van der Waals surface area contributed by atoms with Gasteiger partial charge < -0.3 is 10.9 Å². The van der Waals surface area contributed by atoms with E-state index in [0.29, 0.717) is 15.6 Å². The summed E-state index contributed by atoms with van der Waals surface area (Å²) in [5, 5.41) is 13.1. The molecule has 6 heteroatoms. The largest absolute Gasteiger partial charge is 0.409 e. The Balaban J connectivity index is 2.48. The lowest BCUT2D eigenvalue weighted by atomic mass is 10.1. The molecule has 1 aromatic heterocycles. The van der Waals surface area contributed by atoms with Gasteiger partial charge in [0.1, 0.15) is 5.03 Å². The van der Waals surface area contributed by atoms with Crippen LogP contribution in [-0.4, -0.2) is 16.0 Å². The third-order valence-electron chi connectivity index (χ3n) is 2.52. The molecule has 1 heterocycles. The number of halogens is 1. The van der Waals surface area contributed by atoms with Gasteiger partial charge >= 0.3 is 0 Å². The smallest absolute Gasteiger partial charge is 0.171 e. The average molecular weight is 294 g/mol. The van der Waals surface area contributed by atoms with Crippen LogP contribution in [0.1, 0.15) is 11.1 Å². The molecule has 0 atom stereocenters. The van der Waals surface area contributed by atoms with Crippen molar-refractivity contribution in [2.45, 2.75) is 16.8 Å². The number of nitrogens with zero attached hydrogens (tertiary/aromatic N) is 2. The maximum Gasteiger partial charge on any atom is 0.171 e. The van der Waals surface area contributed by atoms with Crippen LogP contribution < -0.4 is 5.73 Å². The lowest BCUT2D eigenvalue weighted by Crippen LogP contribution is -2.14. The third-order valence-corrected chi connectivity index (χ3v) is 4.20. The molecular weight excluding hydrogens is 282 g/mol. The summed E-state index contributed by atoms with van der Waals surface area (Å²) >= 11 is 7.49. The molecular formula is C13H12ClN3OS. The van der Waals surface area contributed by atoms with Gasteiger partial charge in [-0.1, -0.05) is 40.7 Å². The molecule has 0 aliphatic carbocycles. The fourth-order valence-electron chi connectivity index (χ4n) is 1.59. The predicted molar refractivity (Wildman–Crippen MR) is 77.1 cm³/mol. The number of rotatable bonds is 3. The van der Waals surface area contributed by atoms with Crippen LogP contribution in [0.15, 0.2) is 51.6 Å². The van der Waals surface area contributed by atoms with Crippen LogP contribution in [0, 0.1) is 6.92 Å². The van der Waals surface area contributed by atoms with Gasteiger partial charge in [-0.3, -0.25) is 0 Å². The van der Waals surface area contributed by atoms with Crippen molar-refractivity contribution in [1.82, 2.24) is 4.98 Å². The number of benzene rings is 1. The van der Waals surface area contributed by atoms with Gasteiger partial charge in [0.15, 0.2) is 5.84 Å². The number of aryl methyl sites for hydroxylation is 1. The van der Waals surface area contributed by atoms with Crippen molar-refractivity contribution in [3.63, 3.8) is 0 Å². The minimum absolute atomic E-state index is 0.0678. The first-order chi connectivity index (χ1) is 9.13. The lowest BCUT2D eigenvalue weighted by Gasteiger charge is -2.11. The summed E-state index contributed by atoms with van der Waals surface area (Å²) in [5.41, 5.74) is 7.36. The Kier molecular flexibility index (Phi) is 4.29. The van der Waals surface area contributed by atoms with Crippen LogP contribution in [0.3, 0.4) is 0 Å². The second kappa shape index (κ2) is 5.95. The summed E-state index contributed by atoms with van der Waals surface area (Å²) in [6, 6.07) is 9.15. The fourth-order valence-corrected chi connectivity index (χ4v) is 2.81. The molecule has 0 radical (unpaired) electrons. The molecule has 0 aliphatic heterocycles. The zero-order valence-electron chi connectivity index (χ0n) is 10.2. The molecule has 0 bridgehead atoms. The molecule has 0 unspecified atom stereocenters. The zero-order chi connectivity index (χ0) is 13.8. The van der Waals surface area contributed by atoms with E-state index in [4.69, 9.17) is 22.5 Å². The second-order valence-corrected chi connectivity index (χ2v) is 5.24. The van der Waals surface area contributed by atoms with Gasteiger partial charge in [-0.25, -0.2) is 4.98 Å². The van der Waals surface area contributed by atoms with Crippen LogP contribution >= 0.6 is 23.4 Å². The molecule has 19 heavy (non-hydrogen) atoms. The highest BCUT2D eigenvalue weighted by Gasteiger charge is 2.13. The number of hydrogen-bond acceptors (Lipinski definition) is 4. The number of aromatic nitrogens is 1. The molecule has 1 aromatic carbocycles. The maximum absolute atomic E-state index is 8.84. The summed E-state index contributed by atoms with van der Waals surface area (Å²) in [4.78, 5) is 5.10. The maximum atomic E-state index is 8.84. The van der Waals surface area contributed by atoms with Crippen molar-refractivity contribution in [3.05, 3.63) is 52.7 Å². The minimum atomic E-state index is 0.0678. The molecule has 0 saturated heterocycles. The number of nitrogens with two attached hydrogens (primary N) is 1. The summed E-state index contributed by atoms with van der Waals surface area (Å²) in [7, 11) is 0. The van der Waals surface area contributed by atoms with Crippen molar-refractivity contribution < 1.29 is 5.21 Å². The van der Waals surface area contributed by atoms with E-state index in [1.54, 1.807) is 24.4 Å². The Hall–Kier alpha value is -1.72. The summed E-state index contributed by atoms with van der Waals surface area (Å²) < 4.78 is 0. The van der Waals surface area contributed by atoms with Crippen LogP contribution in [0.2, 0.25) is 5.02 Å². The highest BCUT2D eigenvalue weighted by molar-refractivity contribution is 7.99.